The van der Waals surface area contributed by atoms with Gasteiger partial charge in [-0.05, 0) is 51.4 Å². The molecule has 2 saturated heterocycles. The summed E-state index contributed by atoms with van der Waals surface area (Å²) in [4.78, 5) is 7.19. The van der Waals surface area contributed by atoms with Gasteiger partial charge in [-0.25, -0.2) is 8.42 Å². The van der Waals surface area contributed by atoms with Gasteiger partial charge in [-0.3, -0.25) is 9.89 Å². The largest absolute Gasteiger partial charge is 0.468 e. The molecule has 2 aliphatic heterocycles. The van der Waals surface area contributed by atoms with E-state index in [1.807, 2.05) is 19.1 Å². The van der Waals surface area contributed by atoms with Gasteiger partial charge in [0, 0.05) is 12.6 Å². The van der Waals surface area contributed by atoms with Crippen LogP contribution in [-0.2, 0) is 9.84 Å². The number of aliphatic imine (C=N–C) groups is 1. The first kappa shape index (κ1) is 19.2. The minimum atomic E-state index is -2.91. The summed E-state index contributed by atoms with van der Waals surface area (Å²) in [6.45, 7) is 5.46. The number of hydrogen-bond donors (Lipinski definition) is 2. The Morgan fingerprint density at radius 3 is 2.81 bits per heavy atom. The van der Waals surface area contributed by atoms with Crippen molar-refractivity contribution in [2.24, 2.45) is 4.99 Å². The zero-order valence-corrected chi connectivity index (χ0v) is 16.3. The standard InChI is InChI=1S/C18H30N4O3S/c1-2-19-18(21-15-8-12-26(23,24)14-15)20-13-16(17-7-6-11-25-17)22-9-4-3-5-10-22/h6-7,11,15-16H,2-5,8-10,12-14H2,1H3,(H2,19,20,21). The fourth-order valence-corrected chi connectivity index (χ4v) is 5.37. The minimum absolute atomic E-state index is 0.0603. The molecule has 3 heterocycles. The summed E-state index contributed by atoms with van der Waals surface area (Å²) in [6.07, 6.45) is 6.05. The van der Waals surface area contributed by atoms with Gasteiger partial charge in [0.2, 0.25) is 0 Å². The first-order valence-electron chi connectivity index (χ1n) is 9.60. The quantitative estimate of drug-likeness (QED) is 0.573. The maximum atomic E-state index is 11.7. The van der Waals surface area contributed by atoms with E-state index < -0.39 is 9.84 Å². The van der Waals surface area contributed by atoms with E-state index in [1.54, 1.807) is 6.26 Å². The summed E-state index contributed by atoms with van der Waals surface area (Å²) in [6, 6.07) is 3.99. The molecule has 2 aliphatic rings. The van der Waals surface area contributed by atoms with Crippen LogP contribution in [-0.4, -0.2) is 63.0 Å². The predicted octanol–water partition coefficient (Wildman–Crippen LogP) is 1.55. The first-order chi connectivity index (χ1) is 12.6. The van der Waals surface area contributed by atoms with E-state index in [0.717, 1.165) is 25.4 Å². The zero-order valence-electron chi connectivity index (χ0n) is 15.5. The lowest BCUT2D eigenvalue weighted by molar-refractivity contribution is 0.150. The van der Waals surface area contributed by atoms with Crippen LogP contribution in [0.2, 0.25) is 0 Å². The molecular weight excluding hydrogens is 352 g/mol. The highest BCUT2D eigenvalue weighted by molar-refractivity contribution is 7.91. The minimum Gasteiger partial charge on any atom is -0.468 e. The summed E-state index contributed by atoms with van der Waals surface area (Å²) in [7, 11) is -2.91. The molecule has 2 atom stereocenters. The van der Waals surface area contributed by atoms with E-state index in [4.69, 9.17) is 9.41 Å². The second-order valence-electron chi connectivity index (χ2n) is 7.09. The molecule has 1 aromatic heterocycles. The molecular formula is C18H30N4O3S. The van der Waals surface area contributed by atoms with Crippen LogP contribution >= 0.6 is 0 Å². The van der Waals surface area contributed by atoms with Crippen molar-refractivity contribution in [1.82, 2.24) is 15.5 Å². The zero-order chi connectivity index (χ0) is 18.4. The molecule has 26 heavy (non-hydrogen) atoms. The summed E-state index contributed by atoms with van der Waals surface area (Å²) < 4.78 is 29.0. The van der Waals surface area contributed by atoms with Gasteiger partial charge in [0.05, 0.1) is 30.4 Å². The fourth-order valence-electron chi connectivity index (χ4n) is 3.70. The molecule has 146 valence electrons. The highest BCUT2D eigenvalue weighted by Crippen LogP contribution is 2.25. The third kappa shape index (κ3) is 5.23. The number of guanidine groups is 1. The second-order valence-corrected chi connectivity index (χ2v) is 9.32. The Morgan fingerprint density at radius 2 is 2.19 bits per heavy atom. The molecule has 0 bridgehead atoms. The van der Waals surface area contributed by atoms with Crippen molar-refractivity contribution in [1.29, 1.82) is 0 Å². The highest BCUT2D eigenvalue weighted by Gasteiger charge is 2.29. The molecule has 0 aliphatic carbocycles. The molecule has 3 rings (SSSR count). The van der Waals surface area contributed by atoms with E-state index in [-0.39, 0.29) is 23.6 Å². The lowest BCUT2D eigenvalue weighted by atomic mass is 10.1. The Bertz CT molecular complexity index is 681. The maximum Gasteiger partial charge on any atom is 0.191 e. The van der Waals surface area contributed by atoms with Crippen LogP contribution in [0.4, 0.5) is 0 Å². The van der Waals surface area contributed by atoms with Crippen LogP contribution in [0.1, 0.15) is 44.4 Å². The molecule has 0 spiro atoms. The third-order valence-electron chi connectivity index (χ3n) is 5.04. The van der Waals surface area contributed by atoms with Crippen molar-refractivity contribution in [2.75, 3.05) is 37.7 Å². The maximum absolute atomic E-state index is 11.7. The van der Waals surface area contributed by atoms with Crippen LogP contribution in [0.25, 0.3) is 0 Å². The number of nitrogens with zero attached hydrogens (tertiary/aromatic N) is 2. The topological polar surface area (TPSA) is 86.9 Å². The number of likely N-dealkylation sites (tertiary alicyclic amines) is 1. The van der Waals surface area contributed by atoms with Gasteiger partial charge in [-0.15, -0.1) is 0 Å². The van der Waals surface area contributed by atoms with Crippen molar-refractivity contribution >= 4 is 15.8 Å². The summed E-state index contributed by atoms with van der Waals surface area (Å²) >= 11 is 0. The highest BCUT2D eigenvalue weighted by atomic mass is 32.2. The van der Waals surface area contributed by atoms with E-state index in [0.29, 0.717) is 18.9 Å². The van der Waals surface area contributed by atoms with Crippen LogP contribution in [0.5, 0.6) is 0 Å². The van der Waals surface area contributed by atoms with Gasteiger partial charge in [0.25, 0.3) is 0 Å². The van der Waals surface area contributed by atoms with E-state index in [2.05, 4.69) is 15.5 Å². The summed E-state index contributed by atoms with van der Waals surface area (Å²) in [5.41, 5.74) is 0. The summed E-state index contributed by atoms with van der Waals surface area (Å²) in [5, 5.41) is 6.52. The lowest BCUT2D eigenvalue weighted by Gasteiger charge is -2.32. The fraction of sp³-hybridized carbons (Fsp3) is 0.722. The molecule has 0 amide bonds. The summed E-state index contributed by atoms with van der Waals surface area (Å²) in [5.74, 6) is 2.07. The first-order valence-corrected chi connectivity index (χ1v) is 11.4. The van der Waals surface area contributed by atoms with Crippen molar-refractivity contribution in [3.8, 4) is 0 Å². The Balaban J connectivity index is 1.68. The Labute approximate surface area is 156 Å². The molecule has 0 radical (unpaired) electrons. The molecule has 1 aromatic rings. The SMILES string of the molecule is CCNC(=NCC(c1ccco1)N1CCCCC1)NC1CCS(=O)(=O)C1. The number of hydrogen-bond acceptors (Lipinski definition) is 5. The number of nitrogens with one attached hydrogen (secondary N) is 2. The van der Waals surface area contributed by atoms with Gasteiger partial charge in [0.1, 0.15) is 5.76 Å². The third-order valence-corrected chi connectivity index (χ3v) is 6.81. The molecule has 8 heteroatoms. The monoisotopic (exact) mass is 382 g/mol. The second kappa shape index (κ2) is 8.90. The van der Waals surface area contributed by atoms with Crippen molar-refractivity contribution < 1.29 is 12.8 Å². The van der Waals surface area contributed by atoms with E-state index in [9.17, 15) is 8.42 Å². The Hall–Kier alpha value is -1.54. The Kier molecular flexibility index (Phi) is 6.58. The number of piperidine rings is 1. The van der Waals surface area contributed by atoms with Gasteiger partial charge < -0.3 is 15.1 Å². The smallest absolute Gasteiger partial charge is 0.191 e. The van der Waals surface area contributed by atoms with Crippen molar-refractivity contribution in [3.63, 3.8) is 0 Å². The number of furan rings is 1. The number of sulfone groups is 1. The van der Waals surface area contributed by atoms with Gasteiger partial charge in [-0.2, -0.15) is 0 Å². The molecule has 2 unspecified atom stereocenters. The van der Waals surface area contributed by atoms with Gasteiger partial charge in [-0.1, -0.05) is 6.42 Å². The van der Waals surface area contributed by atoms with Crippen LogP contribution < -0.4 is 10.6 Å². The molecule has 0 saturated carbocycles. The lowest BCUT2D eigenvalue weighted by Crippen LogP contribution is -2.44. The van der Waals surface area contributed by atoms with E-state index >= 15 is 0 Å². The molecule has 0 aromatic carbocycles. The Morgan fingerprint density at radius 1 is 1.38 bits per heavy atom. The average molecular weight is 383 g/mol. The van der Waals surface area contributed by atoms with Crippen LogP contribution in [0, 0.1) is 0 Å². The molecule has 2 N–H and O–H groups in total. The van der Waals surface area contributed by atoms with Gasteiger partial charge in [0.15, 0.2) is 15.8 Å². The normalized spacial score (nSPS) is 25.1. The average Bonchev–Trinajstić information content (AvgIpc) is 3.26. The van der Waals surface area contributed by atoms with Gasteiger partial charge >= 0.3 is 0 Å². The molecule has 7 nitrogen and oxygen atoms in total. The predicted molar refractivity (Wildman–Crippen MR) is 103 cm³/mol. The van der Waals surface area contributed by atoms with Crippen molar-refractivity contribution in [3.05, 3.63) is 24.2 Å². The van der Waals surface area contributed by atoms with E-state index in [1.165, 1.54) is 19.3 Å². The van der Waals surface area contributed by atoms with Crippen LogP contribution in [0.3, 0.4) is 0 Å². The molecule has 2 fully saturated rings. The number of rotatable bonds is 6. The van der Waals surface area contributed by atoms with Crippen molar-refractivity contribution in [2.45, 2.75) is 44.7 Å². The van der Waals surface area contributed by atoms with Crippen LogP contribution in [0.15, 0.2) is 27.8 Å².